The molecule has 3 rings (SSSR count). The lowest BCUT2D eigenvalue weighted by atomic mass is 10.1. The molecule has 0 saturated carbocycles. The number of aromatic nitrogens is 3. The number of nitrogens with one attached hydrogen (secondary N) is 1. The smallest absolute Gasteiger partial charge is 0.228 e. The first-order valence-corrected chi connectivity index (χ1v) is 7.42. The molecule has 0 saturated heterocycles. The summed E-state index contributed by atoms with van der Waals surface area (Å²) in [6, 6.07) is 10.9. The summed E-state index contributed by atoms with van der Waals surface area (Å²) < 4.78 is 1.89. The number of amides is 1. The second-order valence-electron chi connectivity index (χ2n) is 4.94. The highest BCUT2D eigenvalue weighted by molar-refractivity contribution is 6.30. The van der Waals surface area contributed by atoms with Crippen LogP contribution in [0.3, 0.4) is 0 Å². The second-order valence-corrected chi connectivity index (χ2v) is 5.37. The van der Waals surface area contributed by atoms with Crippen molar-refractivity contribution in [3.63, 3.8) is 0 Å². The van der Waals surface area contributed by atoms with E-state index < -0.39 is 0 Å². The van der Waals surface area contributed by atoms with Crippen molar-refractivity contribution in [2.24, 2.45) is 0 Å². The number of nitrogens with zero attached hydrogens (tertiary/aromatic N) is 3. The Morgan fingerprint density at radius 3 is 2.73 bits per heavy atom. The maximum atomic E-state index is 12.2. The summed E-state index contributed by atoms with van der Waals surface area (Å²) in [5, 5.41) is 11.8. The molecule has 3 aromatic rings. The van der Waals surface area contributed by atoms with Crippen LogP contribution in [0.15, 0.2) is 42.6 Å². The fourth-order valence-electron chi connectivity index (χ4n) is 2.28. The summed E-state index contributed by atoms with van der Waals surface area (Å²) in [4.78, 5) is 12.2. The topological polar surface area (TPSA) is 59.3 Å². The van der Waals surface area contributed by atoms with Gasteiger partial charge >= 0.3 is 0 Å². The molecule has 2 heterocycles. The van der Waals surface area contributed by atoms with Crippen LogP contribution in [0.5, 0.6) is 0 Å². The van der Waals surface area contributed by atoms with E-state index in [4.69, 9.17) is 11.6 Å². The minimum absolute atomic E-state index is 0.100. The minimum Gasteiger partial charge on any atom is -0.323 e. The minimum atomic E-state index is -0.100. The van der Waals surface area contributed by atoms with Gasteiger partial charge in [-0.1, -0.05) is 30.7 Å². The van der Waals surface area contributed by atoms with Crippen LogP contribution in [0, 0.1) is 0 Å². The monoisotopic (exact) mass is 314 g/mol. The first kappa shape index (κ1) is 14.5. The number of halogens is 1. The third-order valence-corrected chi connectivity index (χ3v) is 3.63. The molecule has 0 aliphatic rings. The van der Waals surface area contributed by atoms with Crippen molar-refractivity contribution < 1.29 is 4.79 Å². The fourth-order valence-corrected chi connectivity index (χ4v) is 2.41. The molecule has 1 amide bonds. The Hall–Kier alpha value is -2.40. The molecule has 2 aromatic heterocycles. The molecule has 0 bridgehead atoms. The Balaban J connectivity index is 1.79. The van der Waals surface area contributed by atoms with Gasteiger partial charge in [0.1, 0.15) is 5.82 Å². The van der Waals surface area contributed by atoms with Crippen LogP contribution in [-0.2, 0) is 17.6 Å². The third kappa shape index (κ3) is 2.94. The Bertz CT molecular complexity index is 811. The van der Waals surface area contributed by atoms with Gasteiger partial charge in [-0.15, -0.1) is 10.2 Å². The molecule has 22 heavy (non-hydrogen) atoms. The lowest BCUT2D eigenvalue weighted by Crippen LogP contribution is -2.15. The van der Waals surface area contributed by atoms with Crippen molar-refractivity contribution in [1.29, 1.82) is 0 Å². The average Bonchev–Trinajstić information content (AvgIpc) is 2.94. The van der Waals surface area contributed by atoms with Crippen LogP contribution in [0.25, 0.3) is 5.65 Å². The summed E-state index contributed by atoms with van der Waals surface area (Å²) in [5.74, 6) is 0.764. The van der Waals surface area contributed by atoms with E-state index in [0.29, 0.717) is 16.4 Å². The lowest BCUT2D eigenvalue weighted by molar-refractivity contribution is -0.115. The van der Waals surface area contributed by atoms with Gasteiger partial charge in [0.25, 0.3) is 0 Å². The zero-order valence-corrected chi connectivity index (χ0v) is 12.8. The van der Waals surface area contributed by atoms with Gasteiger partial charge in [-0.2, -0.15) is 0 Å². The number of anilines is 1. The predicted octanol–water partition coefficient (Wildman–Crippen LogP) is 3.13. The largest absolute Gasteiger partial charge is 0.323 e. The van der Waals surface area contributed by atoms with E-state index in [0.717, 1.165) is 17.8 Å². The van der Waals surface area contributed by atoms with Crippen LogP contribution < -0.4 is 5.32 Å². The molecule has 0 aliphatic carbocycles. The zero-order chi connectivity index (χ0) is 15.5. The number of rotatable bonds is 4. The molecule has 112 valence electrons. The quantitative estimate of drug-likeness (QED) is 0.805. The molecule has 0 aliphatic heterocycles. The number of pyridine rings is 1. The Morgan fingerprint density at radius 1 is 1.23 bits per heavy atom. The van der Waals surface area contributed by atoms with Crippen molar-refractivity contribution in [3.8, 4) is 0 Å². The van der Waals surface area contributed by atoms with E-state index in [1.165, 1.54) is 0 Å². The van der Waals surface area contributed by atoms with Gasteiger partial charge in [0.15, 0.2) is 5.65 Å². The third-order valence-electron chi connectivity index (χ3n) is 3.37. The summed E-state index contributed by atoms with van der Waals surface area (Å²) in [6.45, 7) is 2.02. The lowest BCUT2D eigenvalue weighted by Gasteiger charge is -2.07. The maximum Gasteiger partial charge on any atom is 0.228 e. The van der Waals surface area contributed by atoms with Crippen LogP contribution >= 0.6 is 11.6 Å². The molecule has 0 atom stereocenters. The van der Waals surface area contributed by atoms with Gasteiger partial charge in [0.05, 0.1) is 12.1 Å². The van der Waals surface area contributed by atoms with E-state index in [2.05, 4.69) is 15.5 Å². The number of aryl methyl sites for hydroxylation is 1. The highest BCUT2D eigenvalue weighted by Crippen LogP contribution is 2.17. The van der Waals surface area contributed by atoms with Crippen molar-refractivity contribution in [2.75, 3.05) is 5.32 Å². The maximum absolute atomic E-state index is 12.2. The SMILES string of the molecule is CCc1nnc2c(NC(=O)Cc3ccc(Cl)cc3)cccn12. The molecule has 6 heteroatoms. The average molecular weight is 315 g/mol. The van der Waals surface area contributed by atoms with Gasteiger partial charge in [0, 0.05) is 17.6 Å². The van der Waals surface area contributed by atoms with Gasteiger partial charge in [-0.3, -0.25) is 9.20 Å². The van der Waals surface area contributed by atoms with Gasteiger partial charge < -0.3 is 5.32 Å². The number of hydrogen-bond acceptors (Lipinski definition) is 3. The zero-order valence-electron chi connectivity index (χ0n) is 12.1. The molecular formula is C16H15ClN4O. The number of fused-ring (bicyclic) bond motifs is 1. The van der Waals surface area contributed by atoms with Gasteiger partial charge in [-0.25, -0.2) is 0 Å². The van der Waals surface area contributed by atoms with Crippen molar-refractivity contribution in [2.45, 2.75) is 19.8 Å². The van der Waals surface area contributed by atoms with Crippen LogP contribution in [-0.4, -0.2) is 20.5 Å². The summed E-state index contributed by atoms with van der Waals surface area (Å²) in [7, 11) is 0. The Morgan fingerprint density at radius 2 is 2.00 bits per heavy atom. The second kappa shape index (κ2) is 6.15. The highest BCUT2D eigenvalue weighted by atomic mass is 35.5. The molecule has 0 fully saturated rings. The number of hydrogen-bond donors (Lipinski definition) is 1. The van der Waals surface area contributed by atoms with Crippen LogP contribution in [0.4, 0.5) is 5.69 Å². The van der Waals surface area contributed by atoms with Crippen molar-refractivity contribution in [1.82, 2.24) is 14.6 Å². The van der Waals surface area contributed by atoms with E-state index in [9.17, 15) is 4.79 Å². The summed E-state index contributed by atoms with van der Waals surface area (Å²) >= 11 is 5.84. The first-order valence-electron chi connectivity index (χ1n) is 7.04. The predicted molar refractivity (Wildman–Crippen MR) is 86.2 cm³/mol. The molecule has 0 unspecified atom stereocenters. The van der Waals surface area contributed by atoms with Crippen molar-refractivity contribution in [3.05, 3.63) is 59.0 Å². The number of benzene rings is 1. The standard InChI is InChI=1S/C16H15ClN4O/c1-2-14-19-20-16-13(4-3-9-21(14)16)18-15(22)10-11-5-7-12(17)8-6-11/h3-9H,2,10H2,1H3,(H,18,22). The Labute approximate surface area is 132 Å². The van der Waals surface area contributed by atoms with Crippen LogP contribution in [0.2, 0.25) is 5.02 Å². The summed E-state index contributed by atoms with van der Waals surface area (Å²) in [5.41, 5.74) is 2.22. The molecule has 0 radical (unpaired) electrons. The normalized spacial score (nSPS) is 10.8. The molecular weight excluding hydrogens is 300 g/mol. The van der Waals surface area contributed by atoms with Gasteiger partial charge in [0.2, 0.25) is 5.91 Å². The Kier molecular flexibility index (Phi) is 4.06. The van der Waals surface area contributed by atoms with E-state index >= 15 is 0 Å². The van der Waals surface area contributed by atoms with E-state index in [1.807, 2.05) is 41.8 Å². The number of carbonyl (C=O) groups is 1. The first-order chi connectivity index (χ1) is 10.7. The molecule has 1 N–H and O–H groups in total. The number of carbonyl (C=O) groups excluding carboxylic acids is 1. The molecule has 1 aromatic carbocycles. The van der Waals surface area contributed by atoms with Crippen LogP contribution in [0.1, 0.15) is 18.3 Å². The summed E-state index contributed by atoms with van der Waals surface area (Å²) in [6.07, 6.45) is 2.96. The van der Waals surface area contributed by atoms with E-state index in [-0.39, 0.29) is 12.3 Å². The van der Waals surface area contributed by atoms with Crippen molar-refractivity contribution >= 4 is 28.8 Å². The fraction of sp³-hybridized carbons (Fsp3) is 0.188. The molecule has 5 nitrogen and oxygen atoms in total. The highest BCUT2D eigenvalue weighted by Gasteiger charge is 2.10. The van der Waals surface area contributed by atoms with Gasteiger partial charge in [-0.05, 0) is 29.8 Å². The molecule has 0 spiro atoms. The van der Waals surface area contributed by atoms with E-state index in [1.54, 1.807) is 12.1 Å².